The van der Waals surface area contributed by atoms with Crippen molar-refractivity contribution in [2.45, 2.75) is 13.3 Å². The molecule has 0 atom stereocenters. The molecule has 21 heavy (non-hydrogen) atoms. The number of nitrogens with one attached hydrogen (secondary N) is 1. The molecule has 0 bridgehead atoms. The number of rotatable bonds is 5. The molecule has 1 aromatic rings. The van der Waals surface area contributed by atoms with Crippen molar-refractivity contribution in [3.05, 3.63) is 51.7 Å². The van der Waals surface area contributed by atoms with Crippen LogP contribution in [0.15, 0.2) is 41.0 Å². The van der Waals surface area contributed by atoms with Gasteiger partial charge in [0.15, 0.2) is 0 Å². The highest BCUT2D eigenvalue weighted by molar-refractivity contribution is 6.06. The zero-order chi connectivity index (χ0) is 15.8. The predicted octanol–water partition coefficient (Wildman–Crippen LogP) is 2.48. The van der Waals surface area contributed by atoms with E-state index in [0.717, 1.165) is 0 Å². The molecule has 0 saturated carbocycles. The van der Waals surface area contributed by atoms with Crippen LogP contribution >= 0.6 is 0 Å². The van der Waals surface area contributed by atoms with Gasteiger partial charge in [0.25, 0.3) is 0 Å². The number of anilines is 1. The van der Waals surface area contributed by atoms with Crippen LogP contribution in [0.4, 0.5) is 5.69 Å². The van der Waals surface area contributed by atoms with E-state index in [1.807, 2.05) is 6.92 Å². The Kier molecular flexibility index (Phi) is 6.06. The lowest BCUT2D eigenvalue weighted by molar-refractivity contribution is -0.415. The van der Waals surface area contributed by atoms with E-state index in [0.29, 0.717) is 17.7 Å². The Morgan fingerprint density at radius 1 is 1.43 bits per heavy atom. The maximum Gasteiger partial charge on any atom is 0.337 e. The number of ether oxygens (including phenoxy) is 1. The van der Waals surface area contributed by atoms with Crippen molar-refractivity contribution < 1.29 is 14.5 Å². The predicted molar refractivity (Wildman–Crippen MR) is 80.1 cm³/mol. The summed E-state index contributed by atoms with van der Waals surface area (Å²) in [6, 6.07) is 6.38. The summed E-state index contributed by atoms with van der Waals surface area (Å²) < 4.78 is 4.60. The van der Waals surface area contributed by atoms with Crippen LogP contribution in [0.2, 0.25) is 0 Å². The second-order valence-corrected chi connectivity index (χ2v) is 4.02. The van der Waals surface area contributed by atoms with Gasteiger partial charge in [0.1, 0.15) is 0 Å². The van der Waals surface area contributed by atoms with Crippen molar-refractivity contribution in [2.75, 3.05) is 19.5 Å². The molecule has 1 N–H and O–H groups in total. The third kappa shape index (κ3) is 4.41. The normalized spacial score (nSPS) is 12.0. The first-order valence-corrected chi connectivity index (χ1v) is 6.30. The molecular weight excluding hydrogens is 274 g/mol. The molecule has 0 aliphatic rings. The summed E-state index contributed by atoms with van der Waals surface area (Å²) in [5.74, 6) is -0.282. The maximum absolute atomic E-state index is 11.3. The van der Waals surface area contributed by atoms with Crippen LogP contribution in [0, 0.1) is 10.1 Å². The van der Waals surface area contributed by atoms with E-state index in [9.17, 15) is 14.9 Å². The summed E-state index contributed by atoms with van der Waals surface area (Å²) >= 11 is 0. The van der Waals surface area contributed by atoms with Gasteiger partial charge in [-0.25, -0.2) is 4.79 Å². The first-order chi connectivity index (χ1) is 10.0. The van der Waals surface area contributed by atoms with Crippen LogP contribution < -0.4 is 5.32 Å². The fraction of sp³-hybridized carbons (Fsp3) is 0.286. The Balaban J connectivity index is 2.95. The molecule has 0 radical (unpaired) electrons. The standard InChI is InChI=1S/C14H17N3O4/c1-4-5-12(17(19)20)13(15-2)16-11-8-6-10(7-9-11)14(18)21-3/h5-9H,4H2,1-3H3,(H,15,16)/b12-5+. The summed E-state index contributed by atoms with van der Waals surface area (Å²) in [4.78, 5) is 25.8. The minimum absolute atomic E-state index is 0.0861. The van der Waals surface area contributed by atoms with Crippen LogP contribution in [0.5, 0.6) is 0 Å². The molecule has 0 aliphatic carbocycles. The van der Waals surface area contributed by atoms with Crippen molar-refractivity contribution in [3.63, 3.8) is 0 Å². The summed E-state index contributed by atoms with van der Waals surface area (Å²) in [6.07, 6.45) is 2.01. The summed E-state index contributed by atoms with van der Waals surface area (Å²) in [5.41, 5.74) is 0.904. The quantitative estimate of drug-likeness (QED) is 0.296. The number of carbonyl (C=O) groups excluding carboxylic acids is 1. The third-order valence-corrected chi connectivity index (χ3v) is 2.63. The first-order valence-electron chi connectivity index (χ1n) is 6.30. The SMILES string of the molecule is CC/C=C(\C(=NC)Nc1ccc(C(=O)OC)cc1)[N+](=O)[O-]. The molecule has 0 amide bonds. The molecule has 7 heteroatoms. The number of esters is 1. The topological polar surface area (TPSA) is 93.8 Å². The highest BCUT2D eigenvalue weighted by atomic mass is 16.6. The van der Waals surface area contributed by atoms with Crippen LogP contribution in [0.3, 0.4) is 0 Å². The number of hydrogen-bond acceptors (Lipinski definition) is 5. The average molecular weight is 291 g/mol. The first kappa shape index (κ1) is 16.4. The summed E-state index contributed by atoms with van der Waals surface area (Å²) in [5, 5.41) is 13.9. The van der Waals surface area contributed by atoms with E-state index in [1.165, 1.54) is 20.2 Å². The van der Waals surface area contributed by atoms with E-state index in [1.54, 1.807) is 24.3 Å². The second-order valence-electron chi connectivity index (χ2n) is 4.02. The number of benzene rings is 1. The Bertz CT molecular complexity index is 576. The van der Waals surface area contributed by atoms with Gasteiger partial charge in [-0.15, -0.1) is 0 Å². The van der Waals surface area contributed by atoms with Crippen LogP contribution in [-0.4, -0.2) is 30.9 Å². The fourth-order valence-electron chi connectivity index (χ4n) is 1.63. The molecule has 0 fully saturated rings. The minimum Gasteiger partial charge on any atom is -0.465 e. The van der Waals surface area contributed by atoms with Crippen molar-refractivity contribution in [1.29, 1.82) is 0 Å². The second kappa shape index (κ2) is 7.78. The van der Waals surface area contributed by atoms with Gasteiger partial charge in [-0.05, 0) is 36.8 Å². The van der Waals surface area contributed by atoms with E-state index in [2.05, 4.69) is 15.0 Å². The Morgan fingerprint density at radius 3 is 2.48 bits per heavy atom. The van der Waals surface area contributed by atoms with Gasteiger partial charge >= 0.3 is 11.7 Å². The lowest BCUT2D eigenvalue weighted by Gasteiger charge is -2.08. The van der Waals surface area contributed by atoms with Crippen molar-refractivity contribution in [1.82, 2.24) is 0 Å². The zero-order valence-corrected chi connectivity index (χ0v) is 12.1. The highest BCUT2D eigenvalue weighted by Gasteiger charge is 2.18. The monoisotopic (exact) mass is 291 g/mol. The number of carbonyl (C=O) groups is 1. The lowest BCUT2D eigenvalue weighted by Crippen LogP contribution is -2.20. The molecular formula is C14H17N3O4. The van der Waals surface area contributed by atoms with E-state index >= 15 is 0 Å². The number of nitrogens with zero attached hydrogens (tertiary/aromatic N) is 2. The minimum atomic E-state index is -0.484. The van der Waals surface area contributed by atoms with E-state index in [4.69, 9.17) is 0 Å². The van der Waals surface area contributed by atoms with Gasteiger partial charge in [0.05, 0.1) is 17.6 Å². The number of hydrogen-bond donors (Lipinski definition) is 1. The van der Waals surface area contributed by atoms with Gasteiger partial charge in [0.2, 0.25) is 5.84 Å². The van der Waals surface area contributed by atoms with Gasteiger partial charge in [-0.2, -0.15) is 0 Å². The Morgan fingerprint density at radius 2 is 2.05 bits per heavy atom. The summed E-state index contributed by atoms with van der Waals surface area (Å²) in [6.45, 7) is 1.81. The molecule has 0 aromatic heterocycles. The molecule has 0 aliphatic heterocycles. The molecule has 0 spiro atoms. The van der Waals surface area contributed by atoms with Crippen molar-refractivity contribution in [2.24, 2.45) is 4.99 Å². The van der Waals surface area contributed by atoms with Gasteiger partial charge in [-0.3, -0.25) is 15.1 Å². The van der Waals surface area contributed by atoms with Crippen molar-refractivity contribution in [3.8, 4) is 0 Å². The number of methoxy groups -OCH3 is 1. The smallest absolute Gasteiger partial charge is 0.337 e. The number of nitro groups is 1. The third-order valence-electron chi connectivity index (χ3n) is 2.63. The number of aliphatic imine (C=N–C) groups is 1. The molecule has 0 unspecified atom stereocenters. The van der Waals surface area contributed by atoms with Gasteiger partial charge in [-0.1, -0.05) is 6.92 Å². The molecule has 7 nitrogen and oxygen atoms in total. The van der Waals surface area contributed by atoms with Crippen molar-refractivity contribution >= 4 is 17.5 Å². The molecule has 1 aromatic carbocycles. The Labute approximate surface area is 122 Å². The number of allylic oxidation sites excluding steroid dienone is 1. The number of amidine groups is 1. The Hall–Kier alpha value is -2.70. The average Bonchev–Trinajstić information content (AvgIpc) is 2.50. The molecule has 0 heterocycles. The van der Waals surface area contributed by atoms with Crippen LogP contribution in [0.25, 0.3) is 0 Å². The van der Waals surface area contributed by atoms with E-state index in [-0.39, 0.29) is 11.5 Å². The van der Waals surface area contributed by atoms with Crippen LogP contribution in [0.1, 0.15) is 23.7 Å². The molecule has 1 rings (SSSR count). The van der Waals surface area contributed by atoms with Gasteiger partial charge < -0.3 is 10.1 Å². The fourth-order valence-corrected chi connectivity index (χ4v) is 1.63. The molecule has 112 valence electrons. The summed E-state index contributed by atoms with van der Waals surface area (Å²) in [7, 11) is 2.77. The lowest BCUT2D eigenvalue weighted by atomic mass is 10.2. The largest absolute Gasteiger partial charge is 0.465 e. The maximum atomic E-state index is 11.3. The zero-order valence-electron chi connectivity index (χ0n) is 12.1. The highest BCUT2D eigenvalue weighted by Crippen LogP contribution is 2.13. The van der Waals surface area contributed by atoms with Gasteiger partial charge in [0, 0.05) is 12.7 Å². The van der Waals surface area contributed by atoms with E-state index < -0.39 is 10.9 Å². The molecule has 0 saturated heterocycles. The van der Waals surface area contributed by atoms with Crippen LogP contribution in [-0.2, 0) is 4.74 Å².